The van der Waals surface area contributed by atoms with Crippen molar-refractivity contribution >= 4 is 5.78 Å². The van der Waals surface area contributed by atoms with Gasteiger partial charge in [-0.2, -0.15) is 5.26 Å². The van der Waals surface area contributed by atoms with E-state index in [1.165, 1.54) is 0 Å². The van der Waals surface area contributed by atoms with Crippen molar-refractivity contribution < 1.29 is 14.6 Å². The van der Waals surface area contributed by atoms with Gasteiger partial charge in [0.05, 0.1) is 25.0 Å². The number of fused-ring (bicyclic) bond motifs is 5. The minimum Gasteiger partial charge on any atom is -0.501 e. The molecule has 25 heavy (non-hydrogen) atoms. The number of Topliss-reactive ketones (excluding diaryl/α,β-unsaturated/α-hetero) is 1. The number of hydrogen-bond acceptors (Lipinski definition) is 4. The van der Waals surface area contributed by atoms with Crippen LogP contribution in [0.15, 0.2) is 23.0 Å². The molecule has 0 radical (unpaired) electrons. The molecule has 0 amide bonds. The van der Waals surface area contributed by atoms with Crippen LogP contribution in [0.2, 0.25) is 0 Å². The van der Waals surface area contributed by atoms with Crippen LogP contribution in [0.1, 0.15) is 52.4 Å². The quantitative estimate of drug-likeness (QED) is 0.792. The van der Waals surface area contributed by atoms with Gasteiger partial charge in [0.1, 0.15) is 5.78 Å². The molecular weight excluding hydrogens is 314 g/mol. The van der Waals surface area contributed by atoms with Crippen molar-refractivity contribution in [3.05, 3.63) is 23.0 Å². The Morgan fingerprint density at radius 1 is 1.32 bits per heavy atom. The third kappa shape index (κ3) is 2.11. The van der Waals surface area contributed by atoms with Gasteiger partial charge in [0.2, 0.25) is 0 Å². The van der Waals surface area contributed by atoms with E-state index >= 15 is 0 Å². The summed E-state index contributed by atoms with van der Waals surface area (Å²) in [6.07, 6.45) is 6.08. The molecule has 0 saturated heterocycles. The lowest BCUT2D eigenvalue weighted by atomic mass is 9.47. The molecule has 0 aromatic rings. The first kappa shape index (κ1) is 16.8. The van der Waals surface area contributed by atoms with E-state index in [4.69, 9.17) is 4.74 Å². The average molecular weight is 341 g/mol. The highest BCUT2D eigenvalue weighted by Gasteiger charge is 2.62. The fourth-order valence-corrected chi connectivity index (χ4v) is 6.62. The van der Waals surface area contributed by atoms with Crippen LogP contribution in [0, 0.1) is 39.9 Å². The van der Waals surface area contributed by atoms with E-state index in [9.17, 15) is 15.2 Å². The van der Waals surface area contributed by atoms with E-state index in [2.05, 4.69) is 13.0 Å². The first-order valence-corrected chi connectivity index (χ1v) is 9.45. The van der Waals surface area contributed by atoms with E-state index in [0.717, 1.165) is 36.2 Å². The zero-order valence-electron chi connectivity index (χ0n) is 15.3. The van der Waals surface area contributed by atoms with Crippen LogP contribution >= 0.6 is 0 Å². The molecule has 0 unspecified atom stereocenters. The molecule has 0 heterocycles. The second-order valence-corrected chi connectivity index (χ2v) is 8.89. The number of ketones is 1. The molecule has 134 valence electrons. The van der Waals surface area contributed by atoms with Gasteiger partial charge in [0.25, 0.3) is 0 Å². The fourth-order valence-electron chi connectivity index (χ4n) is 6.62. The lowest BCUT2D eigenvalue weighted by Crippen LogP contribution is -2.56. The van der Waals surface area contributed by atoms with Gasteiger partial charge in [-0.25, -0.2) is 0 Å². The van der Waals surface area contributed by atoms with Crippen molar-refractivity contribution in [2.24, 2.45) is 28.6 Å². The summed E-state index contributed by atoms with van der Waals surface area (Å²) in [7, 11) is 1.68. The Morgan fingerprint density at radius 2 is 2.08 bits per heavy atom. The Balaban J connectivity index is 1.84. The first-order chi connectivity index (χ1) is 11.8. The Labute approximate surface area is 149 Å². The SMILES string of the molecule is COC1=CC2=C(C#N)C[C@@H]3[C@H]([C@@H](O)C[C@]4(C)C(=O)CC[C@@H]34)[C@@]2(C)CC1. The maximum absolute atomic E-state index is 12.5. The number of methoxy groups -OCH3 is 1. The van der Waals surface area contributed by atoms with Gasteiger partial charge >= 0.3 is 0 Å². The molecule has 4 rings (SSSR count). The van der Waals surface area contributed by atoms with Gasteiger partial charge in [-0.05, 0) is 60.5 Å². The van der Waals surface area contributed by atoms with Gasteiger partial charge in [-0.1, -0.05) is 13.8 Å². The maximum Gasteiger partial charge on any atom is 0.139 e. The van der Waals surface area contributed by atoms with Gasteiger partial charge in [0, 0.05) is 23.8 Å². The monoisotopic (exact) mass is 341 g/mol. The lowest BCUT2D eigenvalue weighted by Gasteiger charge is -2.57. The predicted molar refractivity (Wildman–Crippen MR) is 93.1 cm³/mol. The molecule has 4 aliphatic rings. The van der Waals surface area contributed by atoms with Crippen LogP contribution in [0.3, 0.4) is 0 Å². The molecule has 4 nitrogen and oxygen atoms in total. The van der Waals surface area contributed by atoms with Crippen molar-refractivity contribution in [1.29, 1.82) is 5.26 Å². The van der Waals surface area contributed by atoms with Crippen LogP contribution in [-0.2, 0) is 9.53 Å². The summed E-state index contributed by atoms with van der Waals surface area (Å²) < 4.78 is 5.45. The van der Waals surface area contributed by atoms with E-state index in [0.29, 0.717) is 31.0 Å². The number of ether oxygens (including phenoxy) is 1. The number of carbonyl (C=O) groups excluding carboxylic acids is 1. The Hall–Kier alpha value is -1.60. The smallest absolute Gasteiger partial charge is 0.139 e. The van der Waals surface area contributed by atoms with Gasteiger partial charge in [-0.15, -0.1) is 0 Å². The molecular formula is C21H27NO3. The summed E-state index contributed by atoms with van der Waals surface area (Å²) in [5.74, 6) is 1.87. The van der Waals surface area contributed by atoms with Crippen LogP contribution in [0.25, 0.3) is 0 Å². The largest absolute Gasteiger partial charge is 0.501 e. The molecule has 0 spiro atoms. The number of nitrogens with zero attached hydrogens (tertiary/aromatic N) is 1. The van der Waals surface area contributed by atoms with E-state index in [1.54, 1.807) is 7.11 Å². The minimum atomic E-state index is -0.481. The topological polar surface area (TPSA) is 70.3 Å². The summed E-state index contributed by atoms with van der Waals surface area (Å²) in [4.78, 5) is 12.5. The number of hydrogen-bond donors (Lipinski definition) is 1. The summed E-state index contributed by atoms with van der Waals surface area (Å²) in [6.45, 7) is 4.26. The van der Waals surface area contributed by atoms with Gasteiger partial charge in [0.15, 0.2) is 0 Å². The van der Waals surface area contributed by atoms with Crippen molar-refractivity contribution in [2.75, 3.05) is 7.11 Å². The number of aliphatic hydroxyl groups is 1. The molecule has 0 aliphatic heterocycles. The lowest BCUT2D eigenvalue weighted by molar-refractivity contribution is -0.143. The molecule has 2 saturated carbocycles. The third-order valence-corrected chi connectivity index (χ3v) is 7.87. The second-order valence-electron chi connectivity index (χ2n) is 8.89. The fraction of sp³-hybridized carbons (Fsp3) is 0.714. The predicted octanol–water partition coefficient (Wildman–Crippen LogP) is 3.52. The van der Waals surface area contributed by atoms with E-state index in [-0.39, 0.29) is 17.3 Å². The number of nitriles is 1. The Morgan fingerprint density at radius 3 is 2.76 bits per heavy atom. The summed E-state index contributed by atoms with van der Waals surface area (Å²) in [5, 5.41) is 20.9. The Bertz CT molecular complexity index is 730. The summed E-state index contributed by atoms with van der Waals surface area (Å²) >= 11 is 0. The van der Waals surface area contributed by atoms with Crippen molar-refractivity contribution in [3.63, 3.8) is 0 Å². The summed E-state index contributed by atoms with van der Waals surface area (Å²) in [5.41, 5.74) is 1.28. The second kappa shape index (κ2) is 5.45. The first-order valence-electron chi connectivity index (χ1n) is 9.45. The van der Waals surface area contributed by atoms with E-state index in [1.807, 2.05) is 13.0 Å². The molecule has 4 aliphatic carbocycles. The maximum atomic E-state index is 12.5. The number of carbonyl (C=O) groups is 1. The standard InChI is InChI=1S/C21H27NO3/c1-20-7-6-13(25-3)9-16(20)12(11-22)8-14-15-4-5-18(24)21(15,2)10-17(23)19(14)20/h9,14-15,17,19,23H,4-8,10H2,1-3H3/t14-,15-,17-,19+,20-,21-/m0/s1. The minimum absolute atomic E-state index is 0.123. The zero-order valence-corrected chi connectivity index (χ0v) is 15.3. The molecule has 0 bridgehead atoms. The van der Waals surface area contributed by atoms with Gasteiger partial charge in [-0.3, -0.25) is 4.79 Å². The summed E-state index contributed by atoms with van der Waals surface area (Å²) in [6, 6.07) is 2.44. The molecule has 1 N–H and O–H groups in total. The van der Waals surface area contributed by atoms with Crippen molar-refractivity contribution in [2.45, 2.75) is 58.5 Å². The molecule has 2 fully saturated rings. The highest BCUT2D eigenvalue weighted by Crippen LogP contribution is 2.64. The molecule has 4 heteroatoms. The van der Waals surface area contributed by atoms with Crippen LogP contribution in [-0.4, -0.2) is 24.1 Å². The number of rotatable bonds is 1. The van der Waals surface area contributed by atoms with Gasteiger partial charge < -0.3 is 9.84 Å². The normalized spacial score (nSPS) is 45.9. The highest BCUT2D eigenvalue weighted by molar-refractivity contribution is 5.87. The van der Waals surface area contributed by atoms with Crippen LogP contribution in [0.5, 0.6) is 0 Å². The number of aliphatic hydroxyl groups excluding tert-OH is 1. The van der Waals surface area contributed by atoms with Crippen molar-refractivity contribution in [1.82, 2.24) is 0 Å². The van der Waals surface area contributed by atoms with Crippen LogP contribution < -0.4 is 0 Å². The van der Waals surface area contributed by atoms with Crippen LogP contribution in [0.4, 0.5) is 0 Å². The average Bonchev–Trinajstić information content (AvgIpc) is 2.88. The third-order valence-electron chi connectivity index (χ3n) is 7.87. The molecule has 6 atom stereocenters. The molecule has 0 aromatic heterocycles. The van der Waals surface area contributed by atoms with E-state index < -0.39 is 11.5 Å². The Kier molecular flexibility index (Phi) is 3.67. The zero-order chi connectivity index (χ0) is 18.0. The molecule has 0 aromatic carbocycles. The number of allylic oxidation sites excluding steroid dienone is 4. The highest BCUT2D eigenvalue weighted by atomic mass is 16.5. The van der Waals surface area contributed by atoms with Crippen molar-refractivity contribution in [3.8, 4) is 6.07 Å².